The molecule has 0 radical (unpaired) electrons. The molecule has 1 aromatic carbocycles. The van der Waals surface area contributed by atoms with Gasteiger partial charge in [0.1, 0.15) is 0 Å². The predicted molar refractivity (Wildman–Crippen MR) is 76.6 cm³/mol. The second-order valence-corrected chi connectivity index (χ2v) is 6.29. The van der Waals surface area contributed by atoms with Crippen molar-refractivity contribution in [3.63, 3.8) is 0 Å². The summed E-state index contributed by atoms with van der Waals surface area (Å²) in [5.41, 5.74) is 7.35. The van der Waals surface area contributed by atoms with Gasteiger partial charge in [-0.1, -0.05) is 43.2 Å². The Labute approximate surface area is 119 Å². The topological polar surface area (TPSA) is 53.2 Å². The highest BCUT2D eigenvalue weighted by Gasteiger charge is 2.52. The van der Waals surface area contributed by atoms with E-state index in [1.54, 1.807) is 0 Å². The van der Waals surface area contributed by atoms with E-state index in [2.05, 4.69) is 40.4 Å². The first-order chi connectivity index (χ1) is 9.84. The van der Waals surface area contributed by atoms with Gasteiger partial charge in [0.15, 0.2) is 0 Å². The Balaban J connectivity index is 1.66. The van der Waals surface area contributed by atoms with E-state index in [9.17, 15) is 4.79 Å². The number of hydrogen-bond acceptors (Lipinski definition) is 3. The monoisotopic (exact) mass is 271 g/mol. The Bertz CT molecular complexity index is 504. The molecule has 5 atom stereocenters. The number of rotatable bonds is 1. The summed E-state index contributed by atoms with van der Waals surface area (Å²) in [4.78, 5) is 12.3. The zero-order valence-corrected chi connectivity index (χ0v) is 11.5. The van der Waals surface area contributed by atoms with Crippen molar-refractivity contribution < 1.29 is 4.79 Å². The summed E-state index contributed by atoms with van der Waals surface area (Å²) in [5.74, 6) is 0.804. The zero-order chi connectivity index (χ0) is 13.5. The highest BCUT2D eigenvalue weighted by Crippen LogP contribution is 2.42. The molecule has 1 saturated carbocycles. The average Bonchev–Trinajstić information content (AvgIpc) is 2.88. The Morgan fingerprint density at radius 2 is 1.85 bits per heavy atom. The highest BCUT2D eigenvalue weighted by molar-refractivity contribution is 5.81. The minimum Gasteiger partial charge on any atom is -0.308 e. The van der Waals surface area contributed by atoms with Crippen LogP contribution in [0.5, 0.6) is 0 Å². The zero-order valence-electron chi connectivity index (χ0n) is 11.5. The first kappa shape index (κ1) is 12.4. The molecule has 3 fully saturated rings. The number of hydrazine groups is 1. The fourth-order valence-corrected chi connectivity index (χ4v) is 4.35. The largest absolute Gasteiger partial charge is 0.308 e. The SMILES string of the molecule is O=C1NNC(c2ccccc2)C2NC3CCCCC3C12. The molecule has 0 bridgehead atoms. The first-order valence-corrected chi connectivity index (χ1v) is 7.71. The van der Waals surface area contributed by atoms with Crippen molar-refractivity contribution in [2.24, 2.45) is 11.8 Å². The molecule has 1 aliphatic carbocycles. The third-order valence-electron chi connectivity index (χ3n) is 5.25. The van der Waals surface area contributed by atoms with Crippen molar-refractivity contribution >= 4 is 5.91 Å². The molecule has 3 N–H and O–H groups in total. The first-order valence-electron chi connectivity index (χ1n) is 7.71. The molecule has 0 spiro atoms. The van der Waals surface area contributed by atoms with Gasteiger partial charge in [-0.3, -0.25) is 10.2 Å². The molecule has 2 saturated heterocycles. The molecule has 1 amide bonds. The van der Waals surface area contributed by atoms with E-state index < -0.39 is 0 Å². The molecular weight excluding hydrogens is 250 g/mol. The minimum absolute atomic E-state index is 0.117. The van der Waals surface area contributed by atoms with Gasteiger partial charge in [-0.05, 0) is 24.3 Å². The van der Waals surface area contributed by atoms with Crippen LogP contribution in [0.3, 0.4) is 0 Å². The molecule has 106 valence electrons. The summed E-state index contributed by atoms with van der Waals surface area (Å²) in [6, 6.07) is 11.3. The maximum atomic E-state index is 12.3. The average molecular weight is 271 g/mol. The van der Waals surface area contributed by atoms with Gasteiger partial charge in [0.05, 0.1) is 12.0 Å². The lowest BCUT2D eigenvalue weighted by atomic mass is 9.75. The van der Waals surface area contributed by atoms with E-state index >= 15 is 0 Å². The van der Waals surface area contributed by atoms with Crippen molar-refractivity contribution in [2.45, 2.75) is 43.8 Å². The smallest absolute Gasteiger partial charge is 0.239 e. The summed E-state index contributed by atoms with van der Waals surface area (Å²) in [6.45, 7) is 0. The number of nitrogens with one attached hydrogen (secondary N) is 3. The summed E-state index contributed by atoms with van der Waals surface area (Å²) in [5, 5.41) is 3.75. The van der Waals surface area contributed by atoms with Crippen LogP contribution in [0.15, 0.2) is 30.3 Å². The van der Waals surface area contributed by atoms with E-state index in [4.69, 9.17) is 0 Å². The third-order valence-corrected chi connectivity index (χ3v) is 5.25. The number of carbonyl (C=O) groups excluding carboxylic acids is 1. The third kappa shape index (κ3) is 1.86. The lowest BCUT2D eigenvalue weighted by Gasteiger charge is -2.36. The minimum atomic E-state index is 0.117. The van der Waals surface area contributed by atoms with Crippen LogP contribution in [0, 0.1) is 11.8 Å². The van der Waals surface area contributed by atoms with Crippen LogP contribution < -0.4 is 16.2 Å². The van der Waals surface area contributed by atoms with Crippen molar-refractivity contribution in [3.05, 3.63) is 35.9 Å². The van der Waals surface area contributed by atoms with Crippen molar-refractivity contribution in [1.82, 2.24) is 16.2 Å². The van der Waals surface area contributed by atoms with E-state index in [1.165, 1.54) is 31.2 Å². The Hall–Kier alpha value is -1.39. The van der Waals surface area contributed by atoms with Crippen LogP contribution in [-0.2, 0) is 4.79 Å². The Morgan fingerprint density at radius 3 is 2.70 bits per heavy atom. The quantitative estimate of drug-likeness (QED) is 0.726. The van der Waals surface area contributed by atoms with Gasteiger partial charge in [-0.15, -0.1) is 0 Å². The van der Waals surface area contributed by atoms with Gasteiger partial charge in [0.25, 0.3) is 0 Å². The van der Waals surface area contributed by atoms with E-state index in [0.717, 1.165) is 0 Å². The second kappa shape index (κ2) is 4.86. The summed E-state index contributed by atoms with van der Waals surface area (Å²) in [7, 11) is 0. The van der Waals surface area contributed by atoms with Gasteiger partial charge in [0, 0.05) is 12.1 Å². The Kier molecular flexibility index (Phi) is 3.00. The van der Waals surface area contributed by atoms with E-state index in [1.807, 2.05) is 6.07 Å². The van der Waals surface area contributed by atoms with Crippen molar-refractivity contribution in [2.75, 3.05) is 0 Å². The molecule has 1 aromatic rings. The number of fused-ring (bicyclic) bond motifs is 3. The maximum absolute atomic E-state index is 12.3. The van der Waals surface area contributed by atoms with Crippen LogP contribution in [0.25, 0.3) is 0 Å². The molecule has 4 rings (SSSR count). The van der Waals surface area contributed by atoms with Gasteiger partial charge in [-0.2, -0.15) is 0 Å². The molecule has 4 nitrogen and oxygen atoms in total. The molecule has 20 heavy (non-hydrogen) atoms. The lowest BCUT2D eigenvalue weighted by Crippen LogP contribution is -2.58. The van der Waals surface area contributed by atoms with Crippen LogP contribution in [0.4, 0.5) is 0 Å². The number of amides is 1. The maximum Gasteiger partial charge on any atom is 0.239 e. The van der Waals surface area contributed by atoms with E-state index in [0.29, 0.717) is 12.0 Å². The summed E-state index contributed by atoms with van der Waals surface area (Å²) < 4.78 is 0. The second-order valence-electron chi connectivity index (χ2n) is 6.29. The molecule has 4 heteroatoms. The standard InChI is InChI=1S/C16H21N3O/c20-16-13-11-8-4-5-9-12(11)17-15(13)14(18-19-16)10-6-2-1-3-7-10/h1-3,6-7,11-15,17-18H,4-5,8-9H2,(H,19,20). The fraction of sp³-hybridized carbons (Fsp3) is 0.562. The normalized spacial score (nSPS) is 39.8. The van der Waals surface area contributed by atoms with Crippen LogP contribution in [0.2, 0.25) is 0 Å². The number of hydrogen-bond donors (Lipinski definition) is 3. The van der Waals surface area contributed by atoms with Crippen molar-refractivity contribution in [1.29, 1.82) is 0 Å². The van der Waals surface area contributed by atoms with Gasteiger partial charge < -0.3 is 5.32 Å². The van der Waals surface area contributed by atoms with Gasteiger partial charge >= 0.3 is 0 Å². The van der Waals surface area contributed by atoms with Crippen LogP contribution >= 0.6 is 0 Å². The molecule has 0 aromatic heterocycles. The van der Waals surface area contributed by atoms with Crippen LogP contribution in [0.1, 0.15) is 37.3 Å². The van der Waals surface area contributed by atoms with Crippen molar-refractivity contribution in [3.8, 4) is 0 Å². The molecule has 2 aliphatic heterocycles. The fourth-order valence-electron chi connectivity index (χ4n) is 4.35. The summed E-state index contributed by atoms with van der Waals surface area (Å²) >= 11 is 0. The van der Waals surface area contributed by atoms with Crippen LogP contribution in [-0.4, -0.2) is 18.0 Å². The highest BCUT2D eigenvalue weighted by atomic mass is 16.2. The summed E-state index contributed by atoms with van der Waals surface area (Å²) in [6.07, 6.45) is 4.96. The lowest BCUT2D eigenvalue weighted by molar-refractivity contribution is -0.131. The predicted octanol–water partition coefficient (Wildman–Crippen LogP) is 1.51. The molecular formula is C16H21N3O. The van der Waals surface area contributed by atoms with E-state index in [-0.39, 0.29) is 23.9 Å². The molecule has 2 heterocycles. The molecule has 5 unspecified atom stereocenters. The molecule has 3 aliphatic rings. The van der Waals surface area contributed by atoms with Gasteiger partial charge in [0.2, 0.25) is 5.91 Å². The number of carbonyl (C=O) groups is 1. The Morgan fingerprint density at radius 1 is 1.05 bits per heavy atom. The van der Waals surface area contributed by atoms with Gasteiger partial charge in [-0.25, -0.2) is 5.43 Å². The number of benzene rings is 1.